The molecule has 3 aromatic carbocycles. The number of ketones is 1. The number of aliphatic hydroxyl groups is 1. The summed E-state index contributed by atoms with van der Waals surface area (Å²) in [4.78, 5) is 39.5. The molecule has 3 aromatic rings. The van der Waals surface area contributed by atoms with Gasteiger partial charge in [0.15, 0.2) is 5.75 Å². The SMILES string of the molecule is COC(=O)c1ccc(N2C(=O)C(=O)/C(=C(/O)c3cc(Cl)c(OC)c(Cl)c3)C2c2ccccc2)cc1. The van der Waals surface area contributed by atoms with E-state index in [1.807, 2.05) is 0 Å². The number of hydrogen-bond donors (Lipinski definition) is 1. The number of anilines is 1. The lowest BCUT2D eigenvalue weighted by molar-refractivity contribution is -0.132. The van der Waals surface area contributed by atoms with Crippen molar-refractivity contribution in [1.29, 1.82) is 0 Å². The lowest BCUT2D eigenvalue weighted by Crippen LogP contribution is -2.29. The number of benzene rings is 3. The molecule has 178 valence electrons. The van der Waals surface area contributed by atoms with Crippen molar-refractivity contribution in [2.75, 3.05) is 19.1 Å². The molecule has 1 amide bonds. The van der Waals surface area contributed by atoms with Crippen molar-refractivity contribution in [2.24, 2.45) is 0 Å². The van der Waals surface area contributed by atoms with Gasteiger partial charge in [0.2, 0.25) is 0 Å². The van der Waals surface area contributed by atoms with E-state index in [-0.39, 0.29) is 32.5 Å². The van der Waals surface area contributed by atoms with Gasteiger partial charge in [0.1, 0.15) is 5.76 Å². The molecule has 0 saturated carbocycles. The Hall–Kier alpha value is -3.81. The first-order valence-corrected chi connectivity index (χ1v) is 11.1. The lowest BCUT2D eigenvalue weighted by Gasteiger charge is -2.25. The van der Waals surface area contributed by atoms with Crippen molar-refractivity contribution in [3.05, 3.63) is 99.0 Å². The van der Waals surface area contributed by atoms with Gasteiger partial charge in [0, 0.05) is 11.3 Å². The van der Waals surface area contributed by atoms with Gasteiger partial charge in [-0.15, -0.1) is 0 Å². The molecule has 1 saturated heterocycles. The predicted octanol–water partition coefficient (Wildman–Crippen LogP) is 5.41. The molecular weight excluding hydrogens is 493 g/mol. The Balaban J connectivity index is 1.90. The van der Waals surface area contributed by atoms with E-state index in [9.17, 15) is 19.5 Å². The van der Waals surface area contributed by atoms with Gasteiger partial charge in [0.25, 0.3) is 11.7 Å². The molecule has 9 heteroatoms. The minimum atomic E-state index is -0.945. The van der Waals surface area contributed by atoms with Gasteiger partial charge in [0.05, 0.1) is 41.4 Å². The molecule has 0 radical (unpaired) electrons. The van der Waals surface area contributed by atoms with Gasteiger partial charge < -0.3 is 14.6 Å². The number of amides is 1. The van der Waals surface area contributed by atoms with Gasteiger partial charge in [-0.05, 0) is 42.0 Å². The molecule has 1 heterocycles. The van der Waals surface area contributed by atoms with E-state index in [0.717, 1.165) is 0 Å². The van der Waals surface area contributed by atoms with E-state index in [2.05, 4.69) is 0 Å². The first-order valence-electron chi connectivity index (χ1n) is 10.4. The Bertz CT molecular complexity index is 1330. The second-order valence-corrected chi connectivity index (χ2v) is 8.41. The Morgan fingerprint density at radius 3 is 2.06 bits per heavy atom. The standard InChI is InChI=1S/C26H19Cl2NO6/c1-34-24-18(27)12-16(13-19(24)28)22(30)20-21(14-6-4-3-5-7-14)29(25(32)23(20)31)17-10-8-15(9-11-17)26(33)35-2/h3-13,21,30H,1-2H3/b22-20+. The highest BCUT2D eigenvalue weighted by Gasteiger charge is 2.47. The molecule has 0 bridgehead atoms. The lowest BCUT2D eigenvalue weighted by atomic mass is 9.95. The number of ether oxygens (including phenoxy) is 2. The first-order chi connectivity index (χ1) is 16.8. The largest absolute Gasteiger partial charge is 0.507 e. The number of esters is 1. The molecular formula is C26H19Cl2NO6. The van der Waals surface area contributed by atoms with Gasteiger partial charge >= 0.3 is 5.97 Å². The van der Waals surface area contributed by atoms with E-state index in [4.69, 9.17) is 32.7 Å². The Morgan fingerprint density at radius 1 is 0.914 bits per heavy atom. The molecule has 7 nitrogen and oxygen atoms in total. The zero-order valence-electron chi connectivity index (χ0n) is 18.6. The number of halogens is 2. The number of hydrogen-bond acceptors (Lipinski definition) is 6. The van der Waals surface area contributed by atoms with Crippen LogP contribution in [0.15, 0.2) is 72.3 Å². The number of aliphatic hydroxyl groups excluding tert-OH is 1. The fourth-order valence-corrected chi connectivity index (χ4v) is 4.61. The van der Waals surface area contributed by atoms with Crippen LogP contribution >= 0.6 is 23.2 Å². The Kier molecular flexibility index (Phi) is 6.82. The van der Waals surface area contributed by atoms with Crippen LogP contribution in [0.4, 0.5) is 5.69 Å². The van der Waals surface area contributed by atoms with Crippen LogP contribution in [0.25, 0.3) is 5.76 Å². The van der Waals surface area contributed by atoms with Crippen LogP contribution in [0.1, 0.15) is 27.5 Å². The molecule has 35 heavy (non-hydrogen) atoms. The number of rotatable bonds is 5. The third-order valence-corrected chi connectivity index (χ3v) is 6.16. The monoisotopic (exact) mass is 511 g/mol. The second-order valence-electron chi connectivity index (χ2n) is 7.59. The van der Waals surface area contributed by atoms with E-state index in [0.29, 0.717) is 11.3 Å². The van der Waals surface area contributed by atoms with Crippen molar-refractivity contribution in [2.45, 2.75) is 6.04 Å². The zero-order valence-corrected chi connectivity index (χ0v) is 20.1. The van der Waals surface area contributed by atoms with Crippen LogP contribution < -0.4 is 9.64 Å². The summed E-state index contributed by atoms with van der Waals surface area (Å²) in [6.07, 6.45) is 0. The predicted molar refractivity (Wildman–Crippen MR) is 132 cm³/mol. The first kappa shape index (κ1) is 24.3. The molecule has 4 rings (SSSR count). The van der Waals surface area contributed by atoms with Gasteiger partial charge in [-0.1, -0.05) is 53.5 Å². The quantitative estimate of drug-likeness (QED) is 0.213. The molecule has 1 aliphatic heterocycles. The van der Waals surface area contributed by atoms with Gasteiger partial charge in [-0.2, -0.15) is 0 Å². The molecule has 0 aliphatic carbocycles. The number of Topliss-reactive ketones (excluding diaryl/α,β-unsaturated/α-hetero) is 1. The van der Waals surface area contributed by atoms with E-state index in [1.165, 1.54) is 55.5 Å². The maximum Gasteiger partial charge on any atom is 0.337 e. The fourth-order valence-electron chi connectivity index (χ4n) is 3.97. The summed E-state index contributed by atoms with van der Waals surface area (Å²) in [5, 5.41) is 11.5. The van der Waals surface area contributed by atoms with E-state index in [1.54, 1.807) is 30.3 Å². The minimum Gasteiger partial charge on any atom is -0.507 e. The van der Waals surface area contributed by atoms with Crippen LogP contribution in [-0.2, 0) is 14.3 Å². The zero-order chi connectivity index (χ0) is 25.3. The molecule has 1 unspecified atom stereocenters. The number of nitrogens with zero attached hydrogens (tertiary/aromatic N) is 1. The van der Waals surface area contributed by atoms with Crippen molar-refractivity contribution >= 4 is 52.3 Å². The summed E-state index contributed by atoms with van der Waals surface area (Å²) >= 11 is 12.5. The van der Waals surface area contributed by atoms with Crippen LogP contribution in [0.3, 0.4) is 0 Å². The van der Waals surface area contributed by atoms with Crippen LogP contribution in [-0.4, -0.2) is 37.0 Å². The summed E-state index contributed by atoms with van der Waals surface area (Å²) in [6, 6.07) is 16.7. The maximum atomic E-state index is 13.2. The van der Waals surface area contributed by atoms with Gasteiger partial charge in [-0.25, -0.2) is 4.79 Å². The smallest absolute Gasteiger partial charge is 0.337 e. The molecule has 0 spiro atoms. The van der Waals surface area contributed by atoms with Crippen LogP contribution in [0.2, 0.25) is 10.0 Å². The summed E-state index contributed by atoms with van der Waals surface area (Å²) in [7, 11) is 2.67. The Labute approximate surface area is 211 Å². The highest BCUT2D eigenvalue weighted by Crippen LogP contribution is 2.43. The average Bonchev–Trinajstić information content (AvgIpc) is 3.13. The highest BCUT2D eigenvalue weighted by atomic mass is 35.5. The van der Waals surface area contributed by atoms with E-state index >= 15 is 0 Å². The normalized spacial score (nSPS) is 16.9. The van der Waals surface area contributed by atoms with E-state index < -0.39 is 29.5 Å². The molecule has 0 aromatic heterocycles. The van der Waals surface area contributed by atoms with Crippen LogP contribution in [0, 0.1) is 0 Å². The molecule has 1 atom stereocenters. The average molecular weight is 512 g/mol. The van der Waals surface area contributed by atoms with Gasteiger partial charge in [-0.3, -0.25) is 14.5 Å². The molecule has 1 fully saturated rings. The number of carbonyl (C=O) groups is 3. The summed E-state index contributed by atoms with van der Waals surface area (Å²) < 4.78 is 9.87. The molecule has 1 N–H and O–H groups in total. The summed E-state index contributed by atoms with van der Waals surface area (Å²) in [5.41, 5.74) is 1.26. The number of methoxy groups -OCH3 is 2. The van der Waals surface area contributed by atoms with Crippen molar-refractivity contribution in [3.8, 4) is 5.75 Å². The third-order valence-electron chi connectivity index (χ3n) is 5.60. The minimum absolute atomic E-state index is 0.129. The summed E-state index contributed by atoms with van der Waals surface area (Å²) in [5.74, 6) is -2.46. The third kappa shape index (κ3) is 4.36. The van der Waals surface area contributed by atoms with Crippen molar-refractivity contribution < 1.29 is 29.0 Å². The molecule has 1 aliphatic rings. The summed E-state index contributed by atoms with van der Waals surface area (Å²) in [6.45, 7) is 0. The second kappa shape index (κ2) is 9.82. The fraction of sp³-hybridized carbons (Fsp3) is 0.115. The van der Waals surface area contributed by atoms with Crippen LogP contribution in [0.5, 0.6) is 5.75 Å². The topological polar surface area (TPSA) is 93.1 Å². The maximum absolute atomic E-state index is 13.2. The van der Waals surface area contributed by atoms with Crippen molar-refractivity contribution in [1.82, 2.24) is 0 Å². The Morgan fingerprint density at radius 2 is 1.51 bits per heavy atom. The highest BCUT2D eigenvalue weighted by molar-refractivity contribution is 6.51. The number of carbonyl (C=O) groups excluding carboxylic acids is 3. The van der Waals surface area contributed by atoms with Crippen molar-refractivity contribution in [3.63, 3.8) is 0 Å².